The number of nitrogens with one attached hydrogen (secondary N) is 1. The van der Waals surface area contributed by atoms with Crippen molar-refractivity contribution in [1.82, 2.24) is 5.32 Å². The van der Waals surface area contributed by atoms with E-state index in [0.717, 1.165) is 25.3 Å². The maximum atomic E-state index is 12.1. The number of phenols is 1. The van der Waals surface area contributed by atoms with Gasteiger partial charge in [0.2, 0.25) is 5.75 Å². The number of amides is 1. The zero-order chi connectivity index (χ0) is 15.5. The zero-order valence-corrected chi connectivity index (χ0v) is 11.8. The monoisotopic (exact) mass is 294 g/mol. The van der Waals surface area contributed by atoms with E-state index in [4.69, 9.17) is 4.74 Å². The molecule has 0 saturated heterocycles. The van der Waals surface area contributed by atoms with Crippen LogP contribution in [-0.4, -0.2) is 36.2 Å². The summed E-state index contributed by atoms with van der Waals surface area (Å²) in [5, 5.41) is 23.3. The number of nitro benzene ring substituents is 1. The van der Waals surface area contributed by atoms with E-state index in [1.165, 1.54) is 12.1 Å². The Labute approximate surface area is 122 Å². The first-order valence-electron chi connectivity index (χ1n) is 6.73. The fourth-order valence-electron chi connectivity index (χ4n) is 2.24. The van der Waals surface area contributed by atoms with E-state index in [9.17, 15) is 20.0 Å². The van der Waals surface area contributed by atoms with Crippen molar-refractivity contribution in [3.05, 3.63) is 33.9 Å². The van der Waals surface area contributed by atoms with Crippen LogP contribution >= 0.6 is 0 Å². The number of carbonyl (C=O) groups excluding carboxylic acids is 1. The summed E-state index contributed by atoms with van der Waals surface area (Å²) in [6, 6.07) is 3.91. The van der Waals surface area contributed by atoms with Crippen molar-refractivity contribution in [1.29, 1.82) is 0 Å². The lowest BCUT2D eigenvalue weighted by Crippen LogP contribution is -2.30. The largest absolute Gasteiger partial charge is 0.502 e. The van der Waals surface area contributed by atoms with Crippen LogP contribution in [0.2, 0.25) is 0 Å². The van der Waals surface area contributed by atoms with Crippen LogP contribution in [0.5, 0.6) is 5.75 Å². The Bertz CT molecular complexity index is 554. The highest BCUT2D eigenvalue weighted by atomic mass is 16.6. The molecule has 2 rings (SSSR count). The smallest absolute Gasteiger partial charge is 0.311 e. The number of carbonyl (C=O) groups is 1. The quantitative estimate of drug-likeness (QED) is 0.590. The number of nitrogens with zero attached hydrogens (tertiary/aromatic N) is 1. The Kier molecular flexibility index (Phi) is 4.42. The molecule has 0 bridgehead atoms. The molecule has 0 radical (unpaired) electrons. The molecule has 0 aliphatic heterocycles. The Hall–Kier alpha value is -2.15. The van der Waals surface area contributed by atoms with Crippen LogP contribution in [0, 0.1) is 15.5 Å². The maximum absolute atomic E-state index is 12.1. The number of aromatic hydroxyl groups is 1. The minimum absolute atomic E-state index is 0.0714. The standard InChI is InChI=1S/C14H18N2O5/c1-21-8-7-14(5-6-14)9-15-13(18)10-3-2-4-11(12(10)17)16(19)20/h2-4,17H,5-9H2,1H3,(H,15,18). The molecule has 1 aliphatic rings. The minimum Gasteiger partial charge on any atom is -0.502 e. The highest BCUT2D eigenvalue weighted by Crippen LogP contribution is 2.48. The minimum atomic E-state index is -0.715. The number of para-hydroxylation sites is 1. The van der Waals surface area contributed by atoms with Crippen molar-refractivity contribution in [3.63, 3.8) is 0 Å². The Morgan fingerprint density at radius 3 is 2.81 bits per heavy atom. The Morgan fingerprint density at radius 2 is 2.24 bits per heavy atom. The molecule has 2 N–H and O–H groups in total. The van der Waals surface area contributed by atoms with Gasteiger partial charge in [-0.15, -0.1) is 0 Å². The number of methoxy groups -OCH3 is 1. The second-order valence-corrected chi connectivity index (χ2v) is 5.36. The molecule has 0 unspecified atom stereocenters. The molecule has 1 aromatic carbocycles. The van der Waals surface area contributed by atoms with Gasteiger partial charge in [-0.2, -0.15) is 0 Å². The molecule has 7 nitrogen and oxygen atoms in total. The fraction of sp³-hybridized carbons (Fsp3) is 0.500. The summed E-state index contributed by atoms with van der Waals surface area (Å²) in [6.07, 6.45) is 2.92. The molecule has 1 aromatic rings. The first-order chi connectivity index (χ1) is 9.99. The molecule has 0 heterocycles. The summed E-state index contributed by atoms with van der Waals surface area (Å²) >= 11 is 0. The number of phenolic OH excluding ortho intramolecular Hbond substituents is 1. The highest BCUT2D eigenvalue weighted by molar-refractivity contribution is 5.98. The predicted octanol–water partition coefficient (Wildman–Crippen LogP) is 1.85. The van der Waals surface area contributed by atoms with E-state index >= 15 is 0 Å². The molecule has 1 amide bonds. The van der Waals surface area contributed by atoms with Gasteiger partial charge in [0, 0.05) is 26.3 Å². The molecule has 21 heavy (non-hydrogen) atoms. The summed E-state index contributed by atoms with van der Waals surface area (Å²) in [6.45, 7) is 1.12. The highest BCUT2D eigenvalue weighted by Gasteiger charge is 2.42. The summed E-state index contributed by atoms with van der Waals surface area (Å²) in [4.78, 5) is 22.1. The summed E-state index contributed by atoms with van der Waals surface area (Å²) < 4.78 is 5.04. The van der Waals surface area contributed by atoms with E-state index in [-0.39, 0.29) is 11.0 Å². The summed E-state index contributed by atoms with van der Waals surface area (Å²) in [7, 11) is 1.63. The third-order valence-electron chi connectivity index (χ3n) is 3.87. The van der Waals surface area contributed by atoms with Crippen LogP contribution in [0.15, 0.2) is 18.2 Å². The van der Waals surface area contributed by atoms with Gasteiger partial charge in [-0.3, -0.25) is 14.9 Å². The van der Waals surface area contributed by atoms with Gasteiger partial charge in [-0.1, -0.05) is 6.07 Å². The molecule has 1 fully saturated rings. The molecule has 1 aliphatic carbocycles. The topological polar surface area (TPSA) is 102 Å². The predicted molar refractivity (Wildman–Crippen MR) is 75.3 cm³/mol. The van der Waals surface area contributed by atoms with Gasteiger partial charge in [-0.25, -0.2) is 0 Å². The van der Waals surface area contributed by atoms with Crippen LogP contribution in [-0.2, 0) is 4.74 Å². The number of hydrogen-bond acceptors (Lipinski definition) is 5. The van der Waals surface area contributed by atoms with Gasteiger partial charge in [0.15, 0.2) is 0 Å². The van der Waals surface area contributed by atoms with E-state index < -0.39 is 22.3 Å². The van der Waals surface area contributed by atoms with Crippen molar-refractivity contribution < 1.29 is 19.6 Å². The molecule has 0 aromatic heterocycles. The third kappa shape index (κ3) is 3.49. The second-order valence-electron chi connectivity index (χ2n) is 5.36. The van der Waals surface area contributed by atoms with Crippen LogP contribution in [0.4, 0.5) is 5.69 Å². The van der Waals surface area contributed by atoms with Gasteiger partial charge >= 0.3 is 5.69 Å². The Balaban J connectivity index is 2.01. The number of rotatable bonds is 7. The Morgan fingerprint density at radius 1 is 1.52 bits per heavy atom. The third-order valence-corrected chi connectivity index (χ3v) is 3.87. The molecule has 0 atom stereocenters. The number of hydrogen-bond donors (Lipinski definition) is 2. The van der Waals surface area contributed by atoms with Gasteiger partial charge in [0.05, 0.1) is 10.5 Å². The first-order valence-corrected chi connectivity index (χ1v) is 6.73. The van der Waals surface area contributed by atoms with E-state index in [1.807, 2.05) is 0 Å². The van der Waals surface area contributed by atoms with E-state index in [0.29, 0.717) is 13.2 Å². The van der Waals surface area contributed by atoms with Crippen LogP contribution < -0.4 is 5.32 Å². The van der Waals surface area contributed by atoms with Crippen molar-refractivity contribution in [3.8, 4) is 5.75 Å². The molecular weight excluding hydrogens is 276 g/mol. The summed E-state index contributed by atoms with van der Waals surface area (Å²) in [5.41, 5.74) is -0.475. The average molecular weight is 294 g/mol. The number of benzene rings is 1. The number of nitro groups is 1. The van der Waals surface area contributed by atoms with Gasteiger partial charge in [-0.05, 0) is 30.7 Å². The van der Waals surface area contributed by atoms with Crippen molar-refractivity contribution >= 4 is 11.6 Å². The zero-order valence-electron chi connectivity index (χ0n) is 11.8. The SMILES string of the molecule is COCCC1(CNC(=O)c2cccc([N+](=O)[O-])c2O)CC1. The molecule has 1 saturated carbocycles. The second kappa shape index (κ2) is 6.09. The normalized spacial score (nSPS) is 15.5. The van der Waals surface area contributed by atoms with Crippen molar-refractivity contribution in [2.45, 2.75) is 19.3 Å². The average Bonchev–Trinajstić information content (AvgIpc) is 3.23. The van der Waals surface area contributed by atoms with Crippen LogP contribution in [0.3, 0.4) is 0 Å². The maximum Gasteiger partial charge on any atom is 0.311 e. The molecule has 7 heteroatoms. The van der Waals surface area contributed by atoms with Crippen LogP contribution in [0.1, 0.15) is 29.6 Å². The number of ether oxygens (including phenoxy) is 1. The molecule has 114 valence electrons. The lowest BCUT2D eigenvalue weighted by atomic mass is 10.0. The summed E-state index contributed by atoms with van der Waals surface area (Å²) in [5.74, 6) is -1.10. The lowest BCUT2D eigenvalue weighted by molar-refractivity contribution is -0.385. The van der Waals surface area contributed by atoms with Gasteiger partial charge in [0.1, 0.15) is 0 Å². The van der Waals surface area contributed by atoms with E-state index in [1.54, 1.807) is 7.11 Å². The molecule has 0 spiro atoms. The molecular formula is C14H18N2O5. The van der Waals surface area contributed by atoms with Crippen LogP contribution in [0.25, 0.3) is 0 Å². The van der Waals surface area contributed by atoms with Crippen molar-refractivity contribution in [2.24, 2.45) is 5.41 Å². The van der Waals surface area contributed by atoms with E-state index in [2.05, 4.69) is 5.32 Å². The van der Waals surface area contributed by atoms with Gasteiger partial charge in [0.25, 0.3) is 5.91 Å². The van der Waals surface area contributed by atoms with Crippen molar-refractivity contribution in [2.75, 3.05) is 20.3 Å². The fourth-order valence-corrected chi connectivity index (χ4v) is 2.24. The lowest BCUT2D eigenvalue weighted by Gasteiger charge is -2.15. The first kappa shape index (κ1) is 15.2. The van der Waals surface area contributed by atoms with Gasteiger partial charge < -0.3 is 15.2 Å².